The second-order valence-electron chi connectivity index (χ2n) is 3.05. The molecule has 1 saturated heterocycles. The van der Waals surface area contributed by atoms with Crippen molar-refractivity contribution in [2.24, 2.45) is 0 Å². The Morgan fingerprint density at radius 2 is 1.83 bits per heavy atom. The maximum absolute atomic E-state index is 5.21. The molecular weight excluding hydrogens is 156 g/mol. The lowest BCUT2D eigenvalue weighted by molar-refractivity contribution is -0.300. The first kappa shape index (κ1) is 9.96. The number of hydrogen-bond acceptors (Lipinski definition) is 3. The fourth-order valence-corrected chi connectivity index (χ4v) is 1.23. The normalized spacial score (nSPS) is 19.8. The molecule has 1 rings (SSSR count). The van der Waals surface area contributed by atoms with Crippen molar-refractivity contribution in [1.82, 2.24) is 0 Å². The third kappa shape index (κ3) is 4.04. The molecule has 0 N–H and O–H groups in total. The van der Waals surface area contributed by atoms with Gasteiger partial charge in [0.05, 0.1) is 0 Å². The molecule has 0 aromatic heterocycles. The fraction of sp³-hybridized carbons (Fsp3) is 1.00. The lowest BCUT2D eigenvalue weighted by Crippen LogP contribution is -2.26. The van der Waals surface area contributed by atoms with Crippen molar-refractivity contribution in [2.75, 3.05) is 13.6 Å². The monoisotopic (exact) mass is 174 g/mol. The summed E-state index contributed by atoms with van der Waals surface area (Å²) in [5.41, 5.74) is 0. The first-order valence-corrected chi connectivity index (χ1v) is 4.74. The average molecular weight is 174 g/mol. The van der Waals surface area contributed by atoms with Crippen LogP contribution in [-0.2, 0) is 14.2 Å². The third-order valence-corrected chi connectivity index (χ3v) is 1.97. The number of hydrogen-bond donors (Lipinski definition) is 0. The van der Waals surface area contributed by atoms with E-state index in [9.17, 15) is 0 Å². The Morgan fingerprint density at radius 1 is 1.08 bits per heavy atom. The molecule has 1 fully saturated rings. The van der Waals surface area contributed by atoms with Crippen LogP contribution in [-0.4, -0.2) is 19.9 Å². The van der Waals surface area contributed by atoms with Gasteiger partial charge in [0, 0.05) is 0 Å². The van der Waals surface area contributed by atoms with Crippen LogP contribution in [0.3, 0.4) is 0 Å². The summed E-state index contributed by atoms with van der Waals surface area (Å²) in [6.07, 6.45) is 6.04. The Kier molecular flexibility index (Phi) is 5.32. The molecule has 0 amide bonds. The topological polar surface area (TPSA) is 27.7 Å². The van der Waals surface area contributed by atoms with Gasteiger partial charge in [0.25, 0.3) is 0 Å². The molecule has 0 atom stereocenters. The Labute approximate surface area is 74.0 Å². The zero-order valence-electron chi connectivity index (χ0n) is 7.75. The molecule has 72 valence electrons. The van der Waals surface area contributed by atoms with Crippen LogP contribution in [0.2, 0.25) is 0 Å². The predicted octanol–water partition coefficient (Wildman–Crippen LogP) is 2.26. The Hall–Kier alpha value is -0.120. The van der Waals surface area contributed by atoms with Crippen molar-refractivity contribution in [2.45, 2.75) is 45.3 Å². The lowest BCUT2D eigenvalue weighted by atomic mass is 10.1. The van der Waals surface area contributed by atoms with E-state index < -0.39 is 0 Å². The molecular formula is C9H18O3. The molecule has 3 nitrogen and oxygen atoms in total. The molecule has 0 spiro atoms. The molecule has 3 heteroatoms. The summed E-state index contributed by atoms with van der Waals surface area (Å²) in [6, 6.07) is 0. The van der Waals surface area contributed by atoms with E-state index in [4.69, 9.17) is 14.2 Å². The highest BCUT2D eigenvalue weighted by Crippen LogP contribution is 2.11. The van der Waals surface area contributed by atoms with Crippen LogP contribution in [0.15, 0.2) is 0 Å². The Morgan fingerprint density at radius 3 is 2.50 bits per heavy atom. The first-order valence-electron chi connectivity index (χ1n) is 4.74. The average Bonchev–Trinajstić information content (AvgIpc) is 2.14. The van der Waals surface area contributed by atoms with Gasteiger partial charge >= 0.3 is 0 Å². The molecule has 0 aromatic rings. The van der Waals surface area contributed by atoms with Crippen LogP contribution in [0.4, 0.5) is 0 Å². The van der Waals surface area contributed by atoms with Gasteiger partial charge in [0.2, 0.25) is 0 Å². The van der Waals surface area contributed by atoms with E-state index in [0.717, 1.165) is 6.42 Å². The summed E-state index contributed by atoms with van der Waals surface area (Å²) in [5, 5.41) is 0. The third-order valence-electron chi connectivity index (χ3n) is 1.97. The maximum Gasteiger partial charge on any atom is 0.163 e. The highest BCUT2D eigenvalue weighted by Gasteiger charge is 2.12. The van der Waals surface area contributed by atoms with Gasteiger partial charge in [0.15, 0.2) is 19.9 Å². The molecule has 1 aliphatic rings. The molecule has 12 heavy (non-hydrogen) atoms. The van der Waals surface area contributed by atoms with Gasteiger partial charge in [-0.1, -0.05) is 26.2 Å². The van der Waals surface area contributed by atoms with E-state index in [-0.39, 0.29) is 6.29 Å². The predicted molar refractivity (Wildman–Crippen MR) is 45.5 cm³/mol. The minimum absolute atomic E-state index is 0.0180. The summed E-state index contributed by atoms with van der Waals surface area (Å²) >= 11 is 0. The SMILES string of the molecule is CCCCCCC1OCOCO1. The standard InChI is InChI=1S/C9H18O3/c1-2-3-4-5-6-9-11-7-10-8-12-9/h9H,2-8H2,1H3. The molecule has 0 aromatic carbocycles. The van der Waals surface area contributed by atoms with Crippen molar-refractivity contribution in [3.05, 3.63) is 0 Å². The van der Waals surface area contributed by atoms with E-state index in [1.54, 1.807) is 0 Å². The molecule has 0 unspecified atom stereocenters. The Balaban J connectivity index is 1.91. The zero-order chi connectivity index (χ0) is 8.65. The van der Waals surface area contributed by atoms with Crippen molar-refractivity contribution >= 4 is 0 Å². The van der Waals surface area contributed by atoms with Crippen LogP contribution in [0, 0.1) is 0 Å². The summed E-state index contributed by atoms with van der Waals surface area (Å²) in [6.45, 7) is 2.98. The Bertz CT molecular complexity index is 99.9. The van der Waals surface area contributed by atoms with E-state index in [1.165, 1.54) is 25.7 Å². The zero-order valence-corrected chi connectivity index (χ0v) is 7.75. The van der Waals surface area contributed by atoms with E-state index in [2.05, 4.69) is 6.92 Å². The largest absolute Gasteiger partial charge is 0.329 e. The highest BCUT2D eigenvalue weighted by molar-refractivity contribution is 4.47. The summed E-state index contributed by atoms with van der Waals surface area (Å²) in [4.78, 5) is 0. The van der Waals surface area contributed by atoms with Gasteiger partial charge in [-0.2, -0.15) is 0 Å². The van der Waals surface area contributed by atoms with E-state index >= 15 is 0 Å². The highest BCUT2D eigenvalue weighted by atomic mass is 16.8. The minimum Gasteiger partial charge on any atom is -0.329 e. The van der Waals surface area contributed by atoms with Crippen molar-refractivity contribution in [3.8, 4) is 0 Å². The van der Waals surface area contributed by atoms with Crippen molar-refractivity contribution < 1.29 is 14.2 Å². The maximum atomic E-state index is 5.21. The minimum atomic E-state index is -0.0180. The van der Waals surface area contributed by atoms with Gasteiger partial charge in [-0.05, 0) is 12.8 Å². The van der Waals surface area contributed by atoms with E-state index in [0.29, 0.717) is 13.6 Å². The van der Waals surface area contributed by atoms with Crippen LogP contribution in [0.25, 0.3) is 0 Å². The molecule has 0 bridgehead atoms. The van der Waals surface area contributed by atoms with Crippen molar-refractivity contribution in [1.29, 1.82) is 0 Å². The van der Waals surface area contributed by atoms with E-state index in [1.807, 2.05) is 0 Å². The fourth-order valence-electron chi connectivity index (χ4n) is 1.23. The smallest absolute Gasteiger partial charge is 0.163 e. The van der Waals surface area contributed by atoms with Gasteiger partial charge in [-0.3, -0.25) is 0 Å². The molecule has 0 aliphatic carbocycles. The van der Waals surface area contributed by atoms with Crippen molar-refractivity contribution in [3.63, 3.8) is 0 Å². The van der Waals surface area contributed by atoms with Crippen LogP contribution >= 0.6 is 0 Å². The van der Waals surface area contributed by atoms with Crippen LogP contribution in [0.5, 0.6) is 0 Å². The lowest BCUT2D eigenvalue weighted by Gasteiger charge is -2.22. The number of unbranched alkanes of at least 4 members (excludes halogenated alkanes) is 3. The van der Waals surface area contributed by atoms with Gasteiger partial charge in [0.1, 0.15) is 0 Å². The second-order valence-corrected chi connectivity index (χ2v) is 3.05. The number of ether oxygens (including phenoxy) is 3. The molecule has 1 heterocycles. The first-order chi connectivity index (χ1) is 5.93. The summed E-state index contributed by atoms with van der Waals surface area (Å²) in [5.74, 6) is 0. The molecule has 1 aliphatic heterocycles. The molecule has 0 saturated carbocycles. The summed E-state index contributed by atoms with van der Waals surface area (Å²) < 4.78 is 15.3. The molecule has 0 radical (unpaired) electrons. The van der Waals surface area contributed by atoms with Crippen LogP contribution < -0.4 is 0 Å². The van der Waals surface area contributed by atoms with Crippen LogP contribution in [0.1, 0.15) is 39.0 Å². The second kappa shape index (κ2) is 6.40. The number of rotatable bonds is 5. The van der Waals surface area contributed by atoms with Gasteiger partial charge in [-0.15, -0.1) is 0 Å². The van der Waals surface area contributed by atoms with Gasteiger partial charge in [-0.25, -0.2) is 0 Å². The quantitative estimate of drug-likeness (QED) is 0.598. The van der Waals surface area contributed by atoms with Gasteiger partial charge < -0.3 is 14.2 Å². The summed E-state index contributed by atoms with van der Waals surface area (Å²) in [7, 11) is 0.